The Morgan fingerprint density at radius 2 is 1.90 bits per heavy atom. The van der Waals surface area contributed by atoms with Gasteiger partial charge in [0.15, 0.2) is 11.6 Å². The van der Waals surface area contributed by atoms with Crippen LogP contribution in [0.2, 0.25) is 5.02 Å². The number of hydrogen-bond acceptors (Lipinski definition) is 1. The van der Waals surface area contributed by atoms with E-state index in [0.717, 1.165) is 17.7 Å². The molecule has 2 nitrogen and oxygen atoms in total. The molecule has 0 saturated carbocycles. The van der Waals surface area contributed by atoms with Crippen LogP contribution in [0, 0.1) is 18.6 Å². The first-order valence-corrected chi connectivity index (χ1v) is 6.77. The maximum Gasteiger partial charge on any atom is 0.255 e. The van der Waals surface area contributed by atoms with Crippen LogP contribution in [0.25, 0.3) is 0 Å². The number of carbonyl (C=O) groups excluding carboxylic acids is 1. The van der Waals surface area contributed by atoms with Crippen LogP contribution in [-0.2, 0) is 0 Å². The number of halogens is 4. The molecule has 2 rings (SSSR count). The molecule has 0 atom stereocenters. The lowest BCUT2D eigenvalue weighted by Crippen LogP contribution is -2.13. The number of anilines is 1. The Morgan fingerprint density at radius 1 is 1.20 bits per heavy atom. The molecule has 0 aromatic heterocycles. The van der Waals surface area contributed by atoms with E-state index in [1.54, 1.807) is 12.1 Å². The van der Waals surface area contributed by atoms with Gasteiger partial charge in [-0.25, -0.2) is 8.78 Å². The van der Waals surface area contributed by atoms with Gasteiger partial charge in [-0.2, -0.15) is 0 Å². The summed E-state index contributed by atoms with van der Waals surface area (Å²) in [6.45, 7) is 1.83. The van der Waals surface area contributed by atoms with E-state index in [0.29, 0.717) is 15.2 Å². The van der Waals surface area contributed by atoms with Crippen molar-refractivity contribution in [3.05, 3.63) is 62.6 Å². The zero-order valence-electron chi connectivity index (χ0n) is 10.3. The molecule has 0 unspecified atom stereocenters. The summed E-state index contributed by atoms with van der Waals surface area (Å²) in [6, 6.07) is 6.29. The number of amides is 1. The third-order valence-corrected chi connectivity index (χ3v) is 3.74. The second-order valence-electron chi connectivity index (χ2n) is 4.16. The van der Waals surface area contributed by atoms with Gasteiger partial charge in [0.1, 0.15) is 0 Å². The third kappa shape index (κ3) is 3.16. The molecule has 0 heterocycles. The number of nitrogens with one attached hydrogen (secondary N) is 1. The molecule has 1 N–H and O–H groups in total. The van der Waals surface area contributed by atoms with Gasteiger partial charge in [-0.15, -0.1) is 0 Å². The van der Waals surface area contributed by atoms with Crippen LogP contribution >= 0.6 is 27.5 Å². The fourth-order valence-electron chi connectivity index (χ4n) is 1.57. The molecule has 0 fully saturated rings. The highest BCUT2D eigenvalue weighted by Crippen LogP contribution is 2.29. The first-order chi connectivity index (χ1) is 9.38. The number of rotatable bonds is 2. The van der Waals surface area contributed by atoms with E-state index in [1.807, 2.05) is 6.92 Å². The lowest BCUT2D eigenvalue weighted by atomic mass is 10.2. The Balaban J connectivity index is 2.27. The summed E-state index contributed by atoms with van der Waals surface area (Å²) < 4.78 is 26.6. The van der Waals surface area contributed by atoms with Gasteiger partial charge >= 0.3 is 0 Å². The number of benzene rings is 2. The molecular formula is C14H9BrClF2NO. The van der Waals surface area contributed by atoms with Crippen molar-refractivity contribution in [3.63, 3.8) is 0 Å². The Labute approximate surface area is 127 Å². The zero-order chi connectivity index (χ0) is 14.9. The Hall–Kier alpha value is -1.46. The summed E-state index contributed by atoms with van der Waals surface area (Å²) in [5.74, 6) is -2.62. The fraction of sp³-hybridized carbons (Fsp3) is 0.0714. The number of carbonyl (C=O) groups is 1. The second-order valence-corrected chi connectivity index (χ2v) is 5.43. The van der Waals surface area contributed by atoms with Gasteiger partial charge in [0.25, 0.3) is 5.91 Å². The largest absolute Gasteiger partial charge is 0.321 e. The van der Waals surface area contributed by atoms with Crippen molar-refractivity contribution in [2.45, 2.75) is 6.92 Å². The number of hydrogen-bond donors (Lipinski definition) is 1. The minimum atomic E-state index is -1.07. The molecular weight excluding hydrogens is 352 g/mol. The van der Waals surface area contributed by atoms with Crippen molar-refractivity contribution in [2.75, 3.05) is 5.32 Å². The van der Waals surface area contributed by atoms with Gasteiger partial charge in [-0.3, -0.25) is 4.79 Å². The van der Waals surface area contributed by atoms with E-state index in [2.05, 4.69) is 21.2 Å². The SMILES string of the molecule is Cc1cc(Br)c(NC(=O)c2ccc(F)c(F)c2)cc1Cl. The Kier molecular flexibility index (Phi) is 4.40. The topological polar surface area (TPSA) is 29.1 Å². The average Bonchev–Trinajstić information content (AvgIpc) is 2.39. The standard InChI is InChI=1S/C14H9BrClF2NO/c1-7-4-9(15)13(6-10(7)16)19-14(20)8-2-3-11(17)12(18)5-8/h2-6H,1H3,(H,19,20). The van der Waals surface area contributed by atoms with E-state index >= 15 is 0 Å². The van der Waals surface area contributed by atoms with Crippen LogP contribution in [-0.4, -0.2) is 5.91 Å². The Morgan fingerprint density at radius 3 is 2.55 bits per heavy atom. The minimum absolute atomic E-state index is 0.0208. The summed E-state index contributed by atoms with van der Waals surface area (Å²) in [6.07, 6.45) is 0. The minimum Gasteiger partial charge on any atom is -0.321 e. The maximum absolute atomic E-state index is 13.1. The summed E-state index contributed by atoms with van der Waals surface area (Å²) in [5, 5.41) is 3.08. The average molecular weight is 361 g/mol. The van der Waals surface area contributed by atoms with Gasteiger partial charge in [-0.05, 0) is 58.7 Å². The quantitative estimate of drug-likeness (QED) is 0.807. The van der Waals surface area contributed by atoms with Crippen molar-refractivity contribution >= 4 is 39.1 Å². The molecule has 0 aliphatic rings. The van der Waals surface area contributed by atoms with Gasteiger partial charge < -0.3 is 5.32 Å². The van der Waals surface area contributed by atoms with Crippen molar-refractivity contribution < 1.29 is 13.6 Å². The van der Waals surface area contributed by atoms with Crippen LogP contribution in [0.15, 0.2) is 34.8 Å². The molecule has 104 valence electrons. The van der Waals surface area contributed by atoms with E-state index in [9.17, 15) is 13.6 Å². The summed E-state index contributed by atoms with van der Waals surface area (Å²) >= 11 is 9.28. The smallest absolute Gasteiger partial charge is 0.255 e. The van der Waals surface area contributed by atoms with Crippen LogP contribution in [0.3, 0.4) is 0 Å². The van der Waals surface area contributed by atoms with Crippen molar-refractivity contribution in [2.24, 2.45) is 0 Å². The monoisotopic (exact) mass is 359 g/mol. The van der Waals surface area contributed by atoms with Gasteiger partial charge in [0, 0.05) is 15.1 Å². The van der Waals surface area contributed by atoms with Crippen molar-refractivity contribution in [3.8, 4) is 0 Å². The molecule has 1 amide bonds. The molecule has 0 bridgehead atoms. The fourth-order valence-corrected chi connectivity index (χ4v) is 2.29. The van der Waals surface area contributed by atoms with Gasteiger partial charge in [0.05, 0.1) is 5.69 Å². The van der Waals surface area contributed by atoms with E-state index in [1.165, 1.54) is 6.07 Å². The van der Waals surface area contributed by atoms with E-state index in [4.69, 9.17) is 11.6 Å². The molecule has 0 radical (unpaired) electrons. The van der Waals surface area contributed by atoms with Crippen LogP contribution in [0.5, 0.6) is 0 Å². The predicted octanol–water partition coefficient (Wildman–Crippen LogP) is 4.94. The summed E-state index contributed by atoms with van der Waals surface area (Å²) in [7, 11) is 0. The normalized spacial score (nSPS) is 10.4. The zero-order valence-corrected chi connectivity index (χ0v) is 12.6. The summed E-state index contributed by atoms with van der Waals surface area (Å²) in [4.78, 5) is 12.0. The van der Waals surface area contributed by atoms with E-state index < -0.39 is 17.5 Å². The summed E-state index contributed by atoms with van der Waals surface area (Å²) in [5.41, 5.74) is 1.33. The van der Waals surface area contributed by atoms with Gasteiger partial charge in [0.2, 0.25) is 0 Å². The van der Waals surface area contributed by atoms with Crippen molar-refractivity contribution in [1.82, 2.24) is 0 Å². The van der Waals surface area contributed by atoms with Crippen LogP contribution < -0.4 is 5.32 Å². The molecule has 0 aliphatic heterocycles. The van der Waals surface area contributed by atoms with E-state index in [-0.39, 0.29) is 5.56 Å². The lowest BCUT2D eigenvalue weighted by molar-refractivity contribution is 0.102. The van der Waals surface area contributed by atoms with Gasteiger partial charge in [-0.1, -0.05) is 11.6 Å². The molecule has 20 heavy (non-hydrogen) atoms. The molecule has 6 heteroatoms. The first-order valence-electron chi connectivity index (χ1n) is 5.60. The molecule has 0 saturated heterocycles. The third-order valence-electron chi connectivity index (χ3n) is 2.68. The highest BCUT2D eigenvalue weighted by molar-refractivity contribution is 9.10. The molecule has 0 spiro atoms. The molecule has 0 aliphatic carbocycles. The van der Waals surface area contributed by atoms with Crippen molar-refractivity contribution in [1.29, 1.82) is 0 Å². The Bertz CT molecular complexity index is 691. The van der Waals surface area contributed by atoms with Crippen LogP contribution in [0.4, 0.5) is 14.5 Å². The lowest BCUT2D eigenvalue weighted by Gasteiger charge is -2.09. The first kappa shape index (κ1) is 14.9. The van der Waals surface area contributed by atoms with Crippen LogP contribution in [0.1, 0.15) is 15.9 Å². The number of aryl methyl sites for hydroxylation is 1. The predicted molar refractivity (Wildman–Crippen MR) is 78.2 cm³/mol. The highest BCUT2D eigenvalue weighted by Gasteiger charge is 2.12. The molecule has 2 aromatic rings. The maximum atomic E-state index is 13.1. The second kappa shape index (κ2) is 5.89. The molecule has 2 aromatic carbocycles. The highest BCUT2D eigenvalue weighted by atomic mass is 79.9.